The maximum absolute atomic E-state index is 13.1. The molecule has 1 aliphatic heterocycles. The number of hydrogen-bond acceptors (Lipinski definition) is 5. The molecule has 0 radical (unpaired) electrons. The number of carbonyl (C=O) groups is 2. The number of pyridine rings is 1. The van der Waals surface area contributed by atoms with Crippen LogP contribution < -0.4 is 20.3 Å². The van der Waals surface area contributed by atoms with Crippen molar-refractivity contribution in [1.29, 1.82) is 0 Å². The van der Waals surface area contributed by atoms with Gasteiger partial charge in [-0.1, -0.05) is 45.2 Å². The van der Waals surface area contributed by atoms with Crippen molar-refractivity contribution in [3.8, 4) is 11.5 Å². The Kier molecular flexibility index (Phi) is 9.87. The van der Waals surface area contributed by atoms with Crippen LogP contribution in [-0.4, -0.2) is 29.9 Å². The molecule has 7 nitrogen and oxygen atoms in total. The van der Waals surface area contributed by atoms with E-state index < -0.39 is 0 Å². The minimum atomic E-state index is -0.142. The van der Waals surface area contributed by atoms with Crippen LogP contribution in [0.1, 0.15) is 67.4 Å². The Morgan fingerprint density at radius 3 is 2.55 bits per heavy atom. The van der Waals surface area contributed by atoms with Gasteiger partial charge in [-0.3, -0.25) is 14.6 Å². The minimum absolute atomic E-state index is 0.0900. The Balaban J connectivity index is 1.45. The van der Waals surface area contributed by atoms with Crippen LogP contribution in [0.4, 0.5) is 5.69 Å². The van der Waals surface area contributed by atoms with Crippen molar-refractivity contribution in [2.24, 2.45) is 5.92 Å². The second-order valence-electron chi connectivity index (χ2n) is 10.1. The van der Waals surface area contributed by atoms with Gasteiger partial charge in [0.15, 0.2) is 0 Å². The van der Waals surface area contributed by atoms with E-state index in [4.69, 9.17) is 4.74 Å². The maximum atomic E-state index is 13.1. The van der Waals surface area contributed by atoms with Crippen LogP contribution in [0.15, 0.2) is 67.0 Å². The summed E-state index contributed by atoms with van der Waals surface area (Å²) in [5, 5.41) is 6.53. The van der Waals surface area contributed by atoms with Gasteiger partial charge in [0.2, 0.25) is 5.91 Å². The molecule has 0 fully saturated rings. The van der Waals surface area contributed by atoms with Gasteiger partial charge in [0.25, 0.3) is 5.91 Å². The van der Waals surface area contributed by atoms with E-state index in [9.17, 15) is 9.59 Å². The second kappa shape index (κ2) is 13.7. The van der Waals surface area contributed by atoms with E-state index >= 15 is 0 Å². The molecule has 1 aliphatic rings. The molecule has 0 aliphatic carbocycles. The van der Waals surface area contributed by atoms with Gasteiger partial charge in [0.05, 0.1) is 6.20 Å². The second-order valence-corrected chi connectivity index (χ2v) is 10.1. The monoisotopic (exact) mass is 514 g/mol. The molecule has 4 rings (SSSR count). The van der Waals surface area contributed by atoms with Gasteiger partial charge in [0, 0.05) is 43.0 Å². The van der Waals surface area contributed by atoms with Crippen LogP contribution in [0.5, 0.6) is 11.5 Å². The lowest BCUT2D eigenvalue weighted by atomic mass is 10.0. The van der Waals surface area contributed by atoms with Gasteiger partial charge in [-0.25, -0.2) is 0 Å². The molecule has 2 amide bonds. The molecule has 1 aromatic heterocycles. The topological polar surface area (TPSA) is 83.6 Å². The highest BCUT2D eigenvalue weighted by Crippen LogP contribution is 2.26. The molecule has 0 spiro atoms. The fraction of sp³-hybridized carbons (Fsp3) is 0.387. The summed E-state index contributed by atoms with van der Waals surface area (Å²) >= 11 is 0. The molecule has 0 bridgehead atoms. The number of fused-ring (bicyclic) bond motifs is 1. The van der Waals surface area contributed by atoms with Crippen LogP contribution in [0.3, 0.4) is 0 Å². The third kappa shape index (κ3) is 7.65. The van der Waals surface area contributed by atoms with Crippen molar-refractivity contribution in [3.63, 3.8) is 0 Å². The zero-order valence-electron chi connectivity index (χ0n) is 22.4. The highest BCUT2D eigenvalue weighted by molar-refractivity contribution is 5.98. The zero-order chi connectivity index (χ0) is 26.7. The lowest BCUT2D eigenvalue weighted by Crippen LogP contribution is -2.36. The van der Waals surface area contributed by atoms with E-state index in [2.05, 4.69) is 15.6 Å². The van der Waals surface area contributed by atoms with Crippen molar-refractivity contribution in [2.45, 2.75) is 59.0 Å². The lowest BCUT2D eigenvalue weighted by Gasteiger charge is -2.28. The predicted octanol–water partition coefficient (Wildman–Crippen LogP) is 5.85. The Hall–Kier alpha value is -3.71. The van der Waals surface area contributed by atoms with Gasteiger partial charge < -0.3 is 20.3 Å². The van der Waals surface area contributed by atoms with Crippen LogP contribution in [0.25, 0.3) is 0 Å². The van der Waals surface area contributed by atoms with E-state index in [1.54, 1.807) is 12.4 Å². The van der Waals surface area contributed by atoms with Crippen molar-refractivity contribution in [1.82, 2.24) is 15.6 Å². The molecule has 0 saturated heterocycles. The molecular formula is C31H38N4O3. The summed E-state index contributed by atoms with van der Waals surface area (Å²) in [4.78, 5) is 32.1. The quantitative estimate of drug-likeness (QED) is 0.431. The van der Waals surface area contributed by atoms with Crippen molar-refractivity contribution >= 4 is 17.5 Å². The molecule has 200 valence electrons. The minimum Gasteiger partial charge on any atom is -0.456 e. The number of anilines is 1. The summed E-state index contributed by atoms with van der Waals surface area (Å²) in [5.41, 5.74) is 3.44. The smallest absolute Gasteiger partial charge is 0.251 e. The molecule has 7 heteroatoms. The zero-order valence-corrected chi connectivity index (χ0v) is 22.4. The number of rotatable bonds is 6. The third-order valence-corrected chi connectivity index (χ3v) is 6.69. The van der Waals surface area contributed by atoms with Gasteiger partial charge >= 0.3 is 0 Å². The molecular weight excluding hydrogens is 476 g/mol. The van der Waals surface area contributed by atoms with Crippen molar-refractivity contribution < 1.29 is 14.3 Å². The number of benzene rings is 2. The number of ether oxygens (including phenoxy) is 1. The predicted molar refractivity (Wildman–Crippen MR) is 150 cm³/mol. The summed E-state index contributed by atoms with van der Waals surface area (Å²) in [5.74, 6) is 1.27. The number of amides is 2. The molecule has 2 aromatic carbocycles. The van der Waals surface area contributed by atoms with Gasteiger partial charge in [0.1, 0.15) is 11.5 Å². The number of hydrogen-bond donors (Lipinski definition) is 2. The van der Waals surface area contributed by atoms with Crippen LogP contribution >= 0.6 is 0 Å². The van der Waals surface area contributed by atoms with Gasteiger partial charge in [-0.2, -0.15) is 0 Å². The first-order chi connectivity index (χ1) is 18.5. The first-order valence-electron chi connectivity index (χ1n) is 13.6. The maximum Gasteiger partial charge on any atom is 0.251 e. The Bertz CT molecular complexity index is 1200. The molecule has 2 heterocycles. The van der Waals surface area contributed by atoms with Crippen molar-refractivity contribution in [3.05, 3.63) is 83.7 Å². The highest BCUT2D eigenvalue weighted by atomic mass is 16.5. The van der Waals surface area contributed by atoms with E-state index in [1.807, 2.05) is 73.3 Å². The highest BCUT2D eigenvalue weighted by Gasteiger charge is 2.22. The van der Waals surface area contributed by atoms with E-state index in [-0.39, 0.29) is 17.7 Å². The fourth-order valence-electron chi connectivity index (χ4n) is 4.57. The van der Waals surface area contributed by atoms with Gasteiger partial charge in [-0.05, 0) is 73.0 Å². The summed E-state index contributed by atoms with van der Waals surface area (Å²) in [6.07, 6.45) is 8.99. The number of carbonyl (C=O) groups excluding carboxylic acids is 2. The largest absolute Gasteiger partial charge is 0.456 e. The van der Waals surface area contributed by atoms with Crippen molar-refractivity contribution in [2.75, 3.05) is 18.0 Å². The molecule has 2 N–H and O–H groups in total. The normalized spacial score (nSPS) is 14.7. The Labute approximate surface area is 225 Å². The Morgan fingerprint density at radius 1 is 1.00 bits per heavy atom. The number of aromatic nitrogens is 1. The van der Waals surface area contributed by atoms with E-state index in [0.717, 1.165) is 42.6 Å². The Morgan fingerprint density at radius 2 is 1.79 bits per heavy atom. The van der Waals surface area contributed by atoms with Crippen LogP contribution in [0, 0.1) is 5.92 Å². The summed E-state index contributed by atoms with van der Waals surface area (Å²) < 4.78 is 5.79. The average Bonchev–Trinajstić information content (AvgIpc) is 2.93. The molecule has 0 atom stereocenters. The SMILES string of the molecule is CC(C)C(=O)N1CCCCCCCNCc2cc(C(=O)NCc3ccc(Oc4cccnc4)cc3)ccc21. The number of nitrogens with zero attached hydrogens (tertiary/aromatic N) is 2. The third-order valence-electron chi connectivity index (χ3n) is 6.69. The standard InChI is InChI=1S/C31H38N4O3/c1-23(2)31(37)35-18-7-5-3-4-6-16-32-21-26-19-25(12-15-29(26)35)30(36)34-20-24-10-13-27(14-11-24)38-28-9-8-17-33-22-28/h8-15,17,19,22-23,32H,3-7,16,18,20-21H2,1-2H3,(H,34,36). The van der Waals surface area contributed by atoms with Gasteiger partial charge in [-0.15, -0.1) is 0 Å². The van der Waals surface area contributed by atoms with E-state index in [1.165, 1.54) is 12.8 Å². The first-order valence-corrected chi connectivity index (χ1v) is 13.6. The average molecular weight is 515 g/mol. The molecule has 0 unspecified atom stereocenters. The molecule has 3 aromatic rings. The fourth-order valence-corrected chi connectivity index (χ4v) is 4.57. The first kappa shape index (κ1) is 27.3. The number of nitrogens with one attached hydrogen (secondary N) is 2. The van der Waals surface area contributed by atoms with Crippen LogP contribution in [-0.2, 0) is 17.9 Å². The lowest BCUT2D eigenvalue weighted by molar-refractivity contribution is -0.121. The summed E-state index contributed by atoms with van der Waals surface area (Å²) in [7, 11) is 0. The molecule has 0 saturated carbocycles. The summed E-state index contributed by atoms with van der Waals surface area (Å²) in [6, 6.07) is 17.0. The van der Waals surface area contributed by atoms with E-state index in [0.29, 0.717) is 36.7 Å². The molecule has 38 heavy (non-hydrogen) atoms. The van der Waals surface area contributed by atoms with Crippen LogP contribution in [0.2, 0.25) is 0 Å². The summed E-state index contributed by atoms with van der Waals surface area (Å²) in [6.45, 7) is 6.53.